The highest BCUT2D eigenvalue weighted by molar-refractivity contribution is 6.31. The molecule has 0 atom stereocenters. The molecule has 1 aliphatic heterocycles. The number of likely N-dealkylation sites (tertiary alicyclic amines) is 1. The van der Waals surface area contributed by atoms with Crippen LogP contribution in [-0.2, 0) is 11.2 Å². The SMILES string of the molecule is COc1ccccc1CC(=O)N1CCC(NC(=O)c2ccc(Cl)cc2[N+](=O)[O-])CC1. The predicted molar refractivity (Wildman–Crippen MR) is 112 cm³/mol. The molecule has 0 aromatic heterocycles. The quantitative estimate of drug-likeness (QED) is 0.559. The topological polar surface area (TPSA) is 102 Å². The van der Waals surface area contributed by atoms with Gasteiger partial charge in [-0.15, -0.1) is 0 Å². The van der Waals surface area contributed by atoms with Gasteiger partial charge in [0.1, 0.15) is 11.3 Å². The van der Waals surface area contributed by atoms with Crippen LogP contribution in [0.1, 0.15) is 28.8 Å². The van der Waals surface area contributed by atoms with Crippen LogP contribution in [0.25, 0.3) is 0 Å². The van der Waals surface area contributed by atoms with Crippen LogP contribution in [0.3, 0.4) is 0 Å². The summed E-state index contributed by atoms with van der Waals surface area (Å²) in [5.41, 5.74) is 0.471. The number of methoxy groups -OCH3 is 1. The van der Waals surface area contributed by atoms with Gasteiger partial charge in [0.25, 0.3) is 11.6 Å². The van der Waals surface area contributed by atoms with Crippen molar-refractivity contribution in [1.29, 1.82) is 0 Å². The van der Waals surface area contributed by atoms with E-state index in [0.717, 1.165) is 11.6 Å². The molecule has 3 rings (SSSR count). The third kappa shape index (κ3) is 5.07. The minimum atomic E-state index is -0.625. The van der Waals surface area contributed by atoms with E-state index in [1.807, 2.05) is 24.3 Å². The summed E-state index contributed by atoms with van der Waals surface area (Å²) in [6, 6.07) is 11.2. The summed E-state index contributed by atoms with van der Waals surface area (Å²) in [6.07, 6.45) is 1.40. The molecule has 1 aliphatic rings. The van der Waals surface area contributed by atoms with Gasteiger partial charge in [-0.2, -0.15) is 0 Å². The number of hydrogen-bond donors (Lipinski definition) is 1. The number of nitrogens with one attached hydrogen (secondary N) is 1. The number of hydrogen-bond acceptors (Lipinski definition) is 5. The molecule has 158 valence electrons. The van der Waals surface area contributed by atoms with E-state index in [4.69, 9.17) is 16.3 Å². The number of carbonyl (C=O) groups is 2. The zero-order valence-corrected chi connectivity index (χ0v) is 17.2. The number of ether oxygens (including phenoxy) is 1. The summed E-state index contributed by atoms with van der Waals surface area (Å²) in [6.45, 7) is 1.00. The van der Waals surface area contributed by atoms with Crippen LogP contribution in [-0.4, -0.2) is 47.9 Å². The summed E-state index contributed by atoms with van der Waals surface area (Å²) in [7, 11) is 1.57. The van der Waals surface area contributed by atoms with Crippen LogP contribution >= 0.6 is 11.6 Å². The Morgan fingerprint density at radius 3 is 2.60 bits per heavy atom. The highest BCUT2D eigenvalue weighted by Crippen LogP contribution is 2.24. The Hall–Kier alpha value is -3.13. The number of nitrogens with zero attached hydrogens (tertiary/aromatic N) is 2. The van der Waals surface area contributed by atoms with Crippen LogP contribution in [0, 0.1) is 10.1 Å². The molecule has 0 saturated carbocycles. The number of nitro benzene ring substituents is 1. The van der Waals surface area contributed by atoms with Gasteiger partial charge in [0.2, 0.25) is 5.91 Å². The minimum absolute atomic E-state index is 0.00221. The summed E-state index contributed by atoms with van der Waals surface area (Å²) in [5.74, 6) is 0.160. The Balaban J connectivity index is 1.56. The number of halogens is 1. The van der Waals surface area contributed by atoms with Gasteiger partial charge < -0.3 is 15.0 Å². The summed E-state index contributed by atoms with van der Waals surface area (Å²) < 4.78 is 5.30. The number of para-hydroxylation sites is 1. The van der Waals surface area contributed by atoms with Crippen molar-refractivity contribution in [2.24, 2.45) is 0 Å². The van der Waals surface area contributed by atoms with Crippen molar-refractivity contribution < 1.29 is 19.2 Å². The molecule has 1 fully saturated rings. The highest BCUT2D eigenvalue weighted by Gasteiger charge is 2.27. The smallest absolute Gasteiger partial charge is 0.283 e. The van der Waals surface area contributed by atoms with Crippen LogP contribution in [0.4, 0.5) is 5.69 Å². The molecule has 2 aromatic rings. The molecule has 30 heavy (non-hydrogen) atoms. The predicted octanol–water partition coefficient (Wildman–Crippen LogP) is 3.22. The maximum atomic E-state index is 12.6. The second-order valence-electron chi connectivity index (χ2n) is 7.04. The van der Waals surface area contributed by atoms with E-state index in [9.17, 15) is 19.7 Å². The fourth-order valence-corrected chi connectivity index (χ4v) is 3.67. The molecule has 0 aliphatic carbocycles. The first-order valence-electron chi connectivity index (χ1n) is 9.53. The lowest BCUT2D eigenvalue weighted by atomic mass is 10.0. The van der Waals surface area contributed by atoms with Crippen molar-refractivity contribution in [2.75, 3.05) is 20.2 Å². The number of nitro groups is 1. The van der Waals surface area contributed by atoms with E-state index >= 15 is 0 Å². The third-order valence-corrected chi connectivity index (χ3v) is 5.35. The molecule has 9 heteroatoms. The van der Waals surface area contributed by atoms with Gasteiger partial charge in [-0.25, -0.2) is 0 Å². The molecule has 0 spiro atoms. The molecule has 1 saturated heterocycles. The second-order valence-corrected chi connectivity index (χ2v) is 7.47. The van der Waals surface area contributed by atoms with Crippen molar-refractivity contribution >= 4 is 29.1 Å². The molecule has 2 aromatic carbocycles. The zero-order valence-electron chi connectivity index (χ0n) is 16.5. The van der Waals surface area contributed by atoms with Crippen LogP contribution < -0.4 is 10.1 Å². The lowest BCUT2D eigenvalue weighted by molar-refractivity contribution is -0.385. The molecule has 1 N–H and O–H groups in total. The van der Waals surface area contributed by atoms with Gasteiger partial charge in [0, 0.05) is 35.8 Å². The summed E-state index contributed by atoms with van der Waals surface area (Å²) >= 11 is 5.80. The van der Waals surface area contributed by atoms with E-state index in [0.29, 0.717) is 31.7 Å². The molecule has 2 amide bonds. The van der Waals surface area contributed by atoms with E-state index < -0.39 is 10.8 Å². The van der Waals surface area contributed by atoms with Crippen LogP contribution in [0.2, 0.25) is 5.02 Å². The molecule has 0 bridgehead atoms. The van der Waals surface area contributed by atoms with Crippen LogP contribution in [0.5, 0.6) is 5.75 Å². The molecular weight excluding hydrogens is 410 g/mol. The normalized spacial score (nSPS) is 14.3. The maximum absolute atomic E-state index is 12.6. The Morgan fingerprint density at radius 1 is 1.23 bits per heavy atom. The first kappa shape index (κ1) is 21.6. The lowest BCUT2D eigenvalue weighted by Gasteiger charge is -2.32. The summed E-state index contributed by atoms with van der Waals surface area (Å²) in [5, 5.41) is 14.2. The van der Waals surface area contributed by atoms with Crippen molar-refractivity contribution in [3.8, 4) is 5.75 Å². The monoisotopic (exact) mass is 431 g/mol. The fourth-order valence-electron chi connectivity index (χ4n) is 3.51. The van der Waals surface area contributed by atoms with Crippen LogP contribution in [0.15, 0.2) is 42.5 Å². The van der Waals surface area contributed by atoms with Crippen molar-refractivity contribution in [3.63, 3.8) is 0 Å². The maximum Gasteiger partial charge on any atom is 0.283 e. The van der Waals surface area contributed by atoms with E-state index in [1.165, 1.54) is 12.1 Å². The van der Waals surface area contributed by atoms with E-state index in [2.05, 4.69) is 5.32 Å². The van der Waals surface area contributed by atoms with Crippen molar-refractivity contribution in [3.05, 3.63) is 68.7 Å². The Labute approximate surface area is 178 Å². The number of piperidine rings is 1. The van der Waals surface area contributed by atoms with Crippen molar-refractivity contribution in [1.82, 2.24) is 10.2 Å². The number of benzene rings is 2. The van der Waals surface area contributed by atoms with Crippen molar-refractivity contribution in [2.45, 2.75) is 25.3 Å². The minimum Gasteiger partial charge on any atom is -0.496 e. The van der Waals surface area contributed by atoms with Gasteiger partial charge in [-0.1, -0.05) is 29.8 Å². The number of rotatable bonds is 6. The average molecular weight is 432 g/mol. The molecule has 8 nitrogen and oxygen atoms in total. The molecular formula is C21H22ClN3O5. The highest BCUT2D eigenvalue weighted by atomic mass is 35.5. The van der Waals surface area contributed by atoms with E-state index in [-0.39, 0.29) is 34.6 Å². The Kier molecular flexibility index (Phi) is 6.89. The Bertz CT molecular complexity index is 957. The average Bonchev–Trinajstić information content (AvgIpc) is 2.74. The largest absolute Gasteiger partial charge is 0.496 e. The third-order valence-electron chi connectivity index (χ3n) is 5.12. The number of carbonyl (C=O) groups excluding carboxylic acids is 2. The van der Waals surface area contributed by atoms with Gasteiger partial charge in [-0.05, 0) is 31.0 Å². The van der Waals surface area contributed by atoms with E-state index in [1.54, 1.807) is 12.0 Å². The molecule has 1 heterocycles. The molecule has 0 radical (unpaired) electrons. The fraction of sp³-hybridized carbons (Fsp3) is 0.333. The summed E-state index contributed by atoms with van der Waals surface area (Å²) in [4.78, 5) is 37.5. The zero-order chi connectivity index (χ0) is 21.7. The molecule has 0 unspecified atom stereocenters. The Morgan fingerprint density at radius 2 is 1.93 bits per heavy atom. The van der Waals surface area contributed by atoms with Gasteiger partial charge in [-0.3, -0.25) is 19.7 Å². The second kappa shape index (κ2) is 9.58. The standard InChI is InChI=1S/C21H22ClN3O5/c1-30-19-5-3-2-4-14(19)12-20(26)24-10-8-16(9-11-24)23-21(27)17-7-6-15(22)13-18(17)25(28)29/h2-7,13,16H,8-12H2,1H3,(H,23,27). The number of amides is 2. The van der Waals surface area contributed by atoms with Gasteiger partial charge >= 0.3 is 0 Å². The van der Waals surface area contributed by atoms with Gasteiger partial charge in [0.15, 0.2) is 0 Å². The first-order chi connectivity index (χ1) is 14.4. The lowest BCUT2D eigenvalue weighted by Crippen LogP contribution is -2.47. The first-order valence-corrected chi connectivity index (χ1v) is 9.91. The van der Waals surface area contributed by atoms with Gasteiger partial charge in [0.05, 0.1) is 18.5 Å².